The number of amides is 2. The van der Waals surface area contributed by atoms with Crippen LogP contribution in [-0.4, -0.2) is 29.9 Å². The number of thioether (sulfide) groups is 1. The highest BCUT2D eigenvalue weighted by Crippen LogP contribution is 2.29. The lowest BCUT2D eigenvalue weighted by Gasteiger charge is -2.19. The molecule has 0 heterocycles. The van der Waals surface area contributed by atoms with Crippen molar-refractivity contribution in [1.29, 1.82) is 0 Å². The smallest absolute Gasteiger partial charge is 0.253 e. The Bertz CT molecular complexity index is 1080. The molecule has 32 heavy (non-hydrogen) atoms. The van der Waals surface area contributed by atoms with Crippen molar-refractivity contribution >= 4 is 52.5 Å². The Balaban J connectivity index is 1.65. The normalized spacial score (nSPS) is 11.5. The highest BCUT2D eigenvalue weighted by molar-refractivity contribution is 7.98. The summed E-state index contributed by atoms with van der Waals surface area (Å²) in [5.41, 5.74) is 0.917. The number of hydrogen-bond acceptors (Lipinski definition) is 4. The number of carbonyl (C=O) groups is 2. The third kappa shape index (κ3) is 6.66. The molecule has 2 amide bonds. The van der Waals surface area contributed by atoms with Crippen molar-refractivity contribution < 1.29 is 14.3 Å². The lowest BCUT2D eigenvalue weighted by atomic mass is 10.1. The van der Waals surface area contributed by atoms with Gasteiger partial charge >= 0.3 is 0 Å². The van der Waals surface area contributed by atoms with Crippen molar-refractivity contribution in [2.24, 2.45) is 0 Å². The average molecular weight is 489 g/mol. The maximum atomic E-state index is 12.9. The van der Waals surface area contributed by atoms with E-state index >= 15 is 0 Å². The molecule has 0 fully saturated rings. The number of halogens is 2. The van der Waals surface area contributed by atoms with Gasteiger partial charge in [0.2, 0.25) is 5.91 Å². The van der Waals surface area contributed by atoms with Gasteiger partial charge < -0.3 is 15.4 Å². The van der Waals surface area contributed by atoms with Gasteiger partial charge in [0.15, 0.2) is 0 Å². The summed E-state index contributed by atoms with van der Waals surface area (Å²) in [6.07, 6.45) is 2.43. The number of nitrogens with one attached hydrogen (secondary N) is 2. The van der Waals surface area contributed by atoms with Gasteiger partial charge in [-0.3, -0.25) is 9.59 Å². The zero-order valence-electron chi connectivity index (χ0n) is 17.3. The molecule has 1 atom stereocenters. The largest absolute Gasteiger partial charge is 0.456 e. The number of ether oxygens (including phenoxy) is 1. The molecule has 5 nitrogen and oxygen atoms in total. The summed E-state index contributed by atoms with van der Waals surface area (Å²) in [5.74, 6) is 1.15. The van der Waals surface area contributed by atoms with Crippen molar-refractivity contribution in [2.75, 3.05) is 17.3 Å². The molecule has 0 spiro atoms. The monoisotopic (exact) mass is 488 g/mol. The Morgan fingerprint density at radius 3 is 2.25 bits per heavy atom. The second kappa shape index (κ2) is 11.8. The zero-order valence-corrected chi connectivity index (χ0v) is 19.6. The van der Waals surface area contributed by atoms with E-state index in [2.05, 4.69) is 10.6 Å². The summed E-state index contributed by atoms with van der Waals surface area (Å²) in [6, 6.07) is 20.1. The van der Waals surface area contributed by atoms with Gasteiger partial charge in [-0.15, -0.1) is 0 Å². The van der Waals surface area contributed by atoms with E-state index in [4.69, 9.17) is 27.9 Å². The average Bonchev–Trinajstić information content (AvgIpc) is 2.79. The number of carbonyl (C=O) groups excluding carboxylic acids is 2. The van der Waals surface area contributed by atoms with Crippen LogP contribution in [0.5, 0.6) is 11.5 Å². The van der Waals surface area contributed by atoms with Gasteiger partial charge in [-0.1, -0.05) is 47.5 Å². The molecule has 1 unspecified atom stereocenters. The first-order valence-corrected chi connectivity index (χ1v) is 12.0. The molecule has 0 bridgehead atoms. The molecule has 3 aromatic carbocycles. The lowest BCUT2D eigenvalue weighted by molar-refractivity contribution is -0.118. The van der Waals surface area contributed by atoms with Crippen LogP contribution in [0.4, 0.5) is 5.69 Å². The quantitative estimate of drug-likeness (QED) is 0.372. The Morgan fingerprint density at radius 1 is 0.938 bits per heavy atom. The molecule has 8 heteroatoms. The Hall–Kier alpha value is -2.67. The summed E-state index contributed by atoms with van der Waals surface area (Å²) in [6.45, 7) is 0. The van der Waals surface area contributed by atoms with E-state index in [0.717, 1.165) is 0 Å². The fourth-order valence-electron chi connectivity index (χ4n) is 2.88. The Labute approximate surface area is 201 Å². The summed E-state index contributed by atoms with van der Waals surface area (Å²) in [7, 11) is 0. The Kier molecular flexibility index (Phi) is 8.85. The standard InChI is InChI=1S/C24H22Cl2N2O3S/c1-32-15-14-21(28-23(29)18-6-2-3-7-19(18)25)24(30)27-16-10-12-17(13-11-16)31-22-9-5-4-8-20(22)26/h2-13,21H,14-15H2,1H3,(H,27,30)(H,28,29). The molecule has 0 aromatic heterocycles. The third-order valence-corrected chi connectivity index (χ3v) is 5.82. The van der Waals surface area contributed by atoms with E-state index in [1.807, 2.05) is 18.4 Å². The second-order valence-corrected chi connectivity index (χ2v) is 8.63. The molecular formula is C24H22Cl2N2O3S. The molecule has 166 valence electrons. The summed E-state index contributed by atoms with van der Waals surface area (Å²) in [4.78, 5) is 25.5. The summed E-state index contributed by atoms with van der Waals surface area (Å²) >= 11 is 13.8. The number of para-hydroxylation sites is 1. The van der Waals surface area contributed by atoms with Crippen LogP contribution in [0.1, 0.15) is 16.8 Å². The van der Waals surface area contributed by atoms with Crippen LogP contribution in [0.15, 0.2) is 72.8 Å². The van der Waals surface area contributed by atoms with Crippen molar-refractivity contribution in [1.82, 2.24) is 5.32 Å². The summed E-state index contributed by atoms with van der Waals surface area (Å²) < 4.78 is 5.77. The maximum absolute atomic E-state index is 12.9. The first-order chi connectivity index (χ1) is 15.5. The van der Waals surface area contributed by atoms with E-state index in [9.17, 15) is 9.59 Å². The molecule has 3 aromatic rings. The van der Waals surface area contributed by atoms with Gasteiger partial charge in [0.1, 0.15) is 17.5 Å². The number of hydrogen-bond donors (Lipinski definition) is 2. The van der Waals surface area contributed by atoms with E-state index in [0.29, 0.717) is 45.0 Å². The van der Waals surface area contributed by atoms with Gasteiger partial charge in [-0.05, 0) is 67.0 Å². The second-order valence-electron chi connectivity index (χ2n) is 6.83. The topological polar surface area (TPSA) is 67.4 Å². The number of benzene rings is 3. The van der Waals surface area contributed by atoms with E-state index in [1.54, 1.807) is 72.4 Å². The molecule has 0 aliphatic rings. The van der Waals surface area contributed by atoms with Crippen molar-refractivity contribution in [3.05, 3.63) is 88.4 Å². The number of anilines is 1. The summed E-state index contributed by atoms with van der Waals surface area (Å²) in [5, 5.41) is 6.48. The minimum absolute atomic E-state index is 0.306. The molecule has 2 N–H and O–H groups in total. The molecule has 0 saturated carbocycles. The minimum Gasteiger partial charge on any atom is -0.456 e. The van der Waals surface area contributed by atoms with Crippen LogP contribution in [0.2, 0.25) is 10.0 Å². The van der Waals surface area contributed by atoms with Gasteiger partial charge in [0.05, 0.1) is 15.6 Å². The van der Waals surface area contributed by atoms with Gasteiger partial charge in [-0.25, -0.2) is 0 Å². The van der Waals surface area contributed by atoms with Crippen molar-refractivity contribution in [2.45, 2.75) is 12.5 Å². The van der Waals surface area contributed by atoms with Crippen LogP contribution in [0.25, 0.3) is 0 Å². The lowest BCUT2D eigenvalue weighted by Crippen LogP contribution is -2.44. The maximum Gasteiger partial charge on any atom is 0.253 e. The molecule has 0 saturated heterocycles. The fourth-order valence-corrected chi connectivity index (χ4v) is 3.74. The third-order valence-electron chi connectivity index (χ3n) is 4.54. The highest BCUT2D eigenvalue weighted by atomic mass is 35.5. The first-order valence-electron chi connectivity index (χ1n) is 9.85. The van der Waals surface area contributed by atoms with Crippen molar-refractivity contribution in [3.8, 4) is 11.5 Å². The molecule has 0 radical (unpaired) electrons. The van der Waals surface area contributed by atoms with Gasteiger partial charge in [0.25, 0.3) is 5.91 Å². The highest BCUT2D eigenvalue weighted by Gasteiger charge is 2.22. The zero-order chi connectivity index (χ0) is 22.9. The van der Waals surface area contributed by atoms with Crippen molar-refractivity contribution in [3.63, 3.8) is 0 Å². The van der Waals surface area contributed by atoms with Crippen LogP contribution in [-0.2, 0) is 4.79 Å². The predicted molar refractivity (Wildman–Crippen MR) is 132 cm³/mol. The van der Waals surface area contributed by atoms with Crippen LogP contribution in [0, 0.1) is 0 Å². The van der Waals surface area contributed by atoms with Gasteiger partial charge in [0, 0.05) is 5.69 Å². The fraction of sp³-hybridized carbons (Fsp3) is 0.167. The Morgan fingerprint density at radius 2 is 1.59 bits per heavy atom. The number of rotatable bonds is 9. The van der Waals surface area contributed by atoms with Crippen LogP contribution in [0.3, 0.4) is 0 Å². The molecule has 3 rings (SSSR count). The predicted octanol–water partition coefficient (Wildman–Crippen LogP) is 6.28. The molecular weight excluding hydrogens is 467 g/mol. The molecule has 0 aliphatic carbocycles. The minimum atomic E-state index is -0.703. The van der Waals surface area contributed by atoms with Crippen LogP contribution >= 0.6 is 35.0 Å². The first kappa shape index (κ1) is 24.0. The van der Waals surface area contributed by atoms with Crippen LogP contribution < -0.4 is 15.4 Å². The van der Waals surface area contributed by atoms with E-state index < -0.39 is 6.04 Å². The van der Waals surface area contributed by atoms with E-state index in [-0.39, 0.29) is 11.8 Å². The van der Waals surface area contributed by atoms with Gasteiger partial charge in [-0.2, -0.15) is 11.8 Å². The van der Waals surface area contributed by atoms with E-state index in [1.165, 1.54) is 0 Å². The molecule has 0 aliphatic heterocycles. The SMILES string of the molecule is CSCCC(NC(=O)c1ccccc1Cl)C(=O)Nc1ccc(Oc2ccccc2Cl)cc1.